The van der Waals surface area contributed by atoms with E-state index in [1.54, 1.807) is 0 Å². The van der Waals surface area contributed by atoms with E-state index in [1.807, 2.05) is 20.0 Å². The van der Waals surface area contributed by atoms with Crippen LogP contribution in [0.3, 0.4) is 0 Å². The second-order valence-corrected chi connectivity index (χ2v) is 2.38. The van der Waals surface area contributed by atoms with Crippen molar-refractivity contribution >= 4 is 6.08 Å². The Balaban J connectivity index is 0.000000561. The van der Waals surface area contributed by atoms with E-state index in [1.165, 1.54) is 11.3 Å². The molecule has 1 aromatic rings. The number of aromatic nitrogens is 1. The normalized spacial score (nSPS) is 9.67. The smallest absolute Gasteiger partial charge is 0.0406 e. The van der Waals surface area contributed by atoms with Crippen molar-refractivity contribution < 1.29 is 0 Å². The van der Waals surface area contributed by atoms with Gasteiger partial charge in [0.1, 0.15) is 0 Å². The van der Waals surface area contributed by atoms with Crippen molar-refractivity contribution in [2.24, 2.45) is 0 Å². The van der Waals surface area contributed by atoms with Gasteiger partial charge in [-0.05, 0) is 31.1 Å². The molecular formula is C11H19N. The molecule has 0 aliphatic carbocycles. The molecule has 0 unspecified atom stereocenters. The lowest BCUT2D eigenvalue weighted by molar-refractivity contribution is 1.23. The maximum atomic E-state index is 3.15. The van der Waals surface area contributed by atoms with Crippen molar-refractivity contribution in [2.45, 2.75) is 34.1 Å². The summed E-state index contributed by atoms with van der Waals surface area (Å²) in [6, 6.07) is 2.08. The molecule has 0 aliphatic rings. The molecule has 1 rings (SSSR count). The fraction of sp³-hybridized carbons (Fsp3) is 0.455. The highest BCUT2D eigenvalue weighted by atomic mass is 14.7. The second-order valence-electron chi connectivity index (χ2n) is 2.38. The molecule has 0 bridgehead atoms. The predicted molar refractivity (Wildman–Crippen MR) is 56.2 cm³/mol. The molecule has 0 radical (unpaired) electrons. The summed E-state index contributed by atoms with van der Waals surface area (Å²) in [5.41, 5.74) is 2.53. The summed E-state index contributed by atoms with van der Waals surface area (Å²) >= 11 is 0. The lowest BCUT2D eigenvalue weighted by Crippen LogP contribution is -1.72. The van der Waals surface area contributed by atoms with Crippen molar-refractivity contribution in [3.8, 4) is 0 Å². The van der Waals surface area contributed by atoms with Crippen LogP contribution in [0.5, 0.6) is 0 Å². The average Bonchev–Trinajstić information content (AvgIpc) is 2.51. The molecule has 0 saturated carbocycles. The molecule has 0 spiro atoms. The molecule has 0 amide bonds. The number of aryl methyl sites for hydroxylation is 1. The summed E-state index contributed by atoms with van der Waals surface area (Å²) < 4.78 is 0. The number of aromatic amines is 1. The lowest BCUT2D eigenvalue weighted by Gasteiger charge is -1.87. The van der Waals surface area contributed by atoms with E-state index in [9.17, 15) is 0 Å². The molecule has 0 aromatic carbocycles. The van der Waals surface area contributed by atoms with Crippen LogP contribution >= 0.6 is 0 Å². The molecule has 1 heteroatoms. The first-order valence-corrected chi connectivity index (χ1v) is 4.65. The molecule has 0 saturated heterocycles. The monoisotopic (exact) mass is 165 g/mol. The van der Waals surface area contributed by atoms with Crippen molar-refractivity contribution in [1.29, 1.82) is 0 Å². The molecule has 1 heterocycles. The highest BCUT2D eigenvalue weighted by Gasteiger charge is 1.90. The molecular weight excluding hydrogens is 146 g/mol. The summed E-state index contributed by atoms with van der Waals surface area (Å²) in [5.74, 6) is 0. The first-order chi connectivity index (χ1) is 5.84. The summed E-state index contributed by atoms with van der Waals surface area (Å²) in [6.45, 7) is 8.24. The third kappa shape index (κ3) is 3.42. The van der Waals surface area contributed by atoms with Crippen LogP contribution in [0.2, 0.25) is 0 Å². The molecule has 0 aliphatic heterocycles. The van der Waals surface area contributed by atoms with Gasteiger partial charge in [-0.25, -0.2) is 0 Å². The quantitative estimate of drug-likeness (QED) is 0.686. The number of nitrogens with one attached hydrogen (secondary N) is 1. The third-order valence-electron chi connectivity index (χ3n) is 1.52. The first kappa shape index (κ1) is 11.0. The highest BCUT2D eigenvalue weighted by molar-refractivity contribution is 5.48. The number of rotatable bonds is 2. The standard InChI is InChI=1S/C9H13N.C2H6/c1-3-4-5-9-8(2)6-7-10-9;1-2/h4-7,10H,3H2,1-2H3;1-2H3/b5-4-;. The van der Waals surface area contributed by atoms with Gasteiger partial charge in [-0.2, -0.15) is 0 Å². The van der Waals surface area contributed by atoms with Crippen molar-refractivity contribution in [3.63, 3.8) is 0 Å². The highest BCUT2D eigenvalue weighted by Crippen LogP contribution is 2.06. The van der Waals surface area contributed by atoms with Gasteiger partial charge < -0.3 is 4.98 Å². The fourth-order valence-corrected chi connectivity index (χ4v) is 0.875. The second kappa shape index (κ2) is 6.71. The number of hydrogen-bond acceptors (Lipinski definition) is 0. The van der Waals surface area contributed by atoms with Gasteiger partial charge in [-0.3, -0.25) is 0 Å². The Bertz CT molecular complexity index is 221. The molecule has 1 nitrogen and oxygen atoms in total. The Morgan fingerprint density at radius 2 is 2.08 bits per heavy atom. The lowest BCUT2D eigenvalue weighted by atomic mass is 10.2. The van der Waals surface area contributed by atoms with Crippen LogP contribution in [0.25, 0.3) is 6.08 Å². The van der Waals surface area contributed by atoms with E-state index < -0.39 is 0 Å². The van der Waals surface area contributed by atoms with Gasteiger partial charge in [0.15, 0.2) is 0 Å². The molecule has 68 valence electrons. The summed E-state index contributed by atoms with van der Waals surface area (Å²) in [4.78, 5) is 3.15. The summed E-state index contributed by atoms with van der Waals surface area (Å²) in [6.07, 6.45) is 7.33. The minimum Gasteiger partial charge on any atom is -0.361 e. The average molecular weight is 165 g/mol. The molecule has 0 atom stereocenters. The zero-order valence-electron chi connectivity index (χ0n) is 8.52. The Hall–Kier alpha value is -0.980. The Morgan fingerprint density at radius 3 is 2.50 bits per heavy atom. The molecule has 0 fully saturated rings. The van der Waals surface area contributed by atoms with Crippen LogP contribution in [-0.2, 0) is 0 Å². The van der Waals surface area contributed by atoms with Gasteiger partial charge in [-0.1, -0.05) is 26.8 Å². The number of H-pyrrole nitrogens is 1. The molecule has 1 aromatic heterocycles. The Morgan fingerprint density at radius 1 is 1.42 bits per heavy atom. The van der Waals surface area contributed by atoms with Crippen LogP contribution in [0, 0.1) is 6.92 Å². The SMILES string of the molecule is CC.CC/C=C\c1[nH]ccc1C. The largest absolute Gasteiger partial charge is 0.361 e. The third-order valence-corrected chi connectivity index (χ3v) is 1.52. The predicted octanol–water partition coefficient (Wildman–Crippen LogP) is 3.77. The minimum absolute atomic E-state index is 1.10. The van der Waals surface area contributed by atoms with Crippen molar-refractivity contribution in [3.05, 3.63) is 29.6 Å². The van der Waals surface area contributed by atoms with Crippen LogP contribution in [0.15, 0.2) is 18.3 Å². The Kier molecular flexibility index (Phi) is 6.16. The number of allylic oxidation sites excluding steroid dienone is 1. The van der Waals surface area contributed by atoms with Crippen LogP contribution in [-0.4, -0.2) is 4.98 Å². The van der Waals surface area contributed by atoms with Gasteiger partial charge in [-0.15, -0.1) is 0 Å². The van der Waals surface area contributed by atoms with E-state index in [-0.39, 0.29) is 0 Å². The van der Waals surface area contributed by atoms with Gasteiger partial charge in [0, 0.05) is 11.9 Å². The van der Waals surface area contributed by atoms with Crippen LogP contribution in [0.4, 0.5) is 0 Å². The van der Waals surface area contributed by atoms with Crippen molar-refractivity contribution in [2.75, 3.05) is 0 Å². The van der Waals surface area contributed by atoms with E-state index in [0.717, 1.165) is 6.42 Å². The Labute approximate surface area is 75.5 Å². The van der Waals surface area contributed by atoms with Gasteiger partial charge in [0.25, 0.3) is 0 Å². The van der Waals surface area contributed by atoms with Crippen LogP contribution < -0.4 is 0 Å². The topological polar surface area (TPSA) is 15.8 Å². The van der Waals surface area contributed by atoms with E-state index in [2.05, 4.69) is 37.0 Å². The zero-order valence-corrected chi connectivity index (χ0v) is 8.52. The molecule has 1 N–H and O–H groups in total. The maximum absolute atomic E-state index is 3.15. The van der Waals surface area contributed by atoms with E-state index in [4.69, 9.17) is 0 Å². The minimum atomic E-state index is 1.10. The fourth-order valence-electron chi connectivity index (χ4n) is 0.875. The van der Waals surface area contributed by atoms with Gasteiger partial charge in [0.2, 0.25) is 0 Å². The summed E-state index contributed by atoms with van der Waals surface area (Å²) in [7, 11) is 0. The zero-order chi connectivity index (χ0) is 9.40. The summed E-state index contributed by atoms with van der Waals surface area (Å²) in [5, 5.41) is 0. The van der Waals surface area contributed by atoms with E-state index >= 15 is 0 Å². The maximum Gasteiger partial charge on any atom is 0.0406 e. The first-order valence-electron chi connectivity index (χ1n) is 4.65. The van der Waals surface area contributed by atoms with Crippen molar-refractivity contribution in [1.82, 2.24) is 4.98 Å². The van der Waals surface area contributed by atoms with Gasteiger partial charge in [0.05, 0.1) is 0 Å². The van der Waals surface area contributed by atoms with Gasteiger partial charge >= 0.3 is 0 Å². The van der Waals surface area contributed by atoms with Crippen LogP contribution in [0.1, 0.15) is 38.4 Å². The molecule has 12 heavy (non-hydrogen) atoms. The number of hydrogen-bond donors (Lipinski definition) is 1. The van der Waals surface area contributed by atoms with E-state index in [0.29, 0.717) is 0 Å².